The monoisotopic (exact) mass is 461 g/mol. The van der Waals surface area contributed by atoms with Gasteiger partial charge in [-0.05, 0) is 43.3 Å². The standard InChI is InChI=1S/C24H23N5O5/c1-15-22(24(33)29(27(15)2)19-7-5-4-6-8-19)25-23(32)16-9-11-18(12-10-16)28-20(30)13-17(26-28)14-21(31)34-3/h4-13,26H,14H2,1-3H3,(H,25,32). The SMILES string of the molecule is COC(=O)Cc1cc(=O)n(-c2ccc(C(=O)Nc3c(C)n(C)n(-c4ccccc4)c3=O)cc2)[nH]1. The molecule has 0 atom stereocenters. The molecule has 0 aliphatic rings. The molecule has 0 aliphatic heterocycles. The molecule has 2 N–H and O–H groups in total. The third-order valence-corrected chi connectivity index (χ3v) is 5.52. The summed E-state index contributed by atoms with van der Waals surface area (Å²) < 4.78 is 9.04. The average molecular weight is 461 g/mol. The number of nitrogens with one attached hydrogen (secondary N) is 2. The lowest BCUT2D eigenvalue weighted by molar-refractivity contribution is -0.139. The molecule has 2 aromatic heterocycles. The van der Waals surface area contributed by atoms with Crippen molar-refractivity contribution in [3.05, 3.63) is 98.3 Å². The molecule has 0 unspecified atom stereocenters. The molecule has 4 aromatic rings. The van der Waals surface area contributed by atoms with Gasteiger partial charge in [0.25, 0.3) is 17.0 Å². The van der Waals surface area contributed by atoms with E-state index < -0.39 is 11.9 Å². The first-order valence-corrected chi connectivity index (χ1v) is 10.4. The lowest BCUT2D eigenvalue weighted by Gasteiger charge is -2.07. The van der Waals surface area contributed by atoms with Crippen LogP contribution in [0.15, 0.2) is 70.3 Å². The molecule has 174 valence electrons. The van der Waals surface area contributed by atoms with Crippen molar-refractivity contribution in [2.45, 2.75) is 13.3 Å². The molecular formula is C24H23N5O5. The van der Waals surface area contributed by atoms with E-state index >= 15 is 0 Å². The maximum absolute atomic E-state index is 13.0. The molecule has 0 fully saturated rings. The first-order chi connectivity index (χ1) is 16.3. The Hall–Kier alpha value is -4.60. The van der Waals surface area contributed by atoms with E-state index in [4.69, 9.17) is 0 Å². The van der Waals surface area contributed by atoms with E-state index in [1.54, 1.807) is 42.9 Å². The van der Waals surface area contributed by atoms with Gasteiger partial charge >= 0.3 is 5.97 Å². The summed E-state index contributed by atoms with van der Waals surface area (Å²) in [5, 5.41) is 5.55. The van der Waals surface area contributed by atoms with Gasteiger partial charge < -0.3 is 10.1 Å². The lowest BCUT2D eigenvalue weighted by Crippen LogP contribution is -2.23. The Balaban J connectivity index is 1.57. The van der Waals surface area contributed by atoms with Crippen LogP contribution < -0.4 is 16.4 Å². The van der Waals surface area contributed by atoms with Gasteiger partial charge in [0.15, 0.2) is 0 Å². The molecule has 4 rings (SSSR count). The minimum atomic E-state index is -0.469. The average Bonchev–Trinajstić information content (AvgIpc) is 3.31. The molecule has 10 heteroatoms. The molecule has 0 radical (unpaired) electrons. The zero-order valence-electron chi connectivity index (χ0n) is 18.9. The second-order valence-electron chi connectivity index (χ2n) is 7.65. The fourth-order valence-electron chi connectivity index (χ4n) is 3.61. The Bertz CT molecular complexity index is 1470. The number of esters is 1. The Morgan fingerprint density at radius 2 is 1.68 bits per heavy atom. The van der Waals surface area contributed by atoms with Crippen molar-refractivity contribution in [3.63, 3.8) is 0 Å². The molecule has 0 aliphatic carbocycles. The van der Waals surface area contributed by atoms with Crippen molar-refractivity contribution in [1.29, 1.82) is 0 Å². The molecule has 2 heterocycles. The molecule has 0 saturated carbocycles. The van der Waals surface area contributed by atoms with Gasteiger partial charge in [-0.25, -0.2) is 9.36 Å². The highest BCUT2D eigenvalue weighted by Crippen LogP contribution is 2.16. The fraction of sp³-hybridized carbons (Fsp3) is 0.167. The van der Waals surface area contributed by atoms with Crippen LogP contribution in [0.5, 0.6) is 0 Å². The van der Waals surface area contributed by atoms with Crippen molar-refractivity contribution < 1.29 is 14.3 Å². The van der Waals surface area contributed by atoms with Crippen LogP contribution in [0.4, 0.5) is 5.69 Å². The molecular weight excluding hydrogens is 438 g/mol. The minimum absolute atomic E-state index is 0.0594. The number of nitrogens with zero attached hydrogens (tertiary/aromatic N) is 3. The number of carbonyl (C=O) groups excluding carboxylic acids is 2. The van der Waals surface area contributed by atoms with Gasteiger partial charge in [-0.1, -0.05) is 18.2 Å². The lowest BCUT2D eigenvalue weighted by atomic mass is 10.2. The van der Waals surface area contributed by atoms with Gasteiger partial charge in [0.2, 0.25) is 0 Å². The molecule has 0 spiro atoms. The third kappa shape index (κ3) is 4.20. The Labute approximate surface area is 194 Å². The molecule has 34 heavy (non-hydrogen) atoms. The smallest absolute Gasteiger partial charge is 0.311 e. The zero-order chi connectivity index (χ0) is 24.4. The van der Waals surface area contributed by atoms with Crippen LogP contribution in [-0.4, -0.2) is 38.1 Å². The number of rotatable bonds is 6. The highest BCUT2D eigenvalue weighted by molar-refractivity contribution is 6.04. The number of aromatic nitrogens is 4. The van der Waals surface area contributed by atoms with Gasteiger partial charge in [-0.2, -0.15) is 0 Å². The maximum Gasteiger partial charge on any atom is 0.311 e. The number of carbonyl (C=O) groups is 2. The number of anilines is 1. The van der Waals surface area contributed by atoms with Crippen LogP contribution in [0, 0.1) is 6.92 Å². The van der Waals surface area contributed by atoms with Crippen molar-refractivity contribution in [1.82, 2.24) is 19.1 Å². The summed E-state index contributed by atoms with van der Waals surface area (Å²) in [7, 11) is 3.02. The molecule has 1 amide bonds. The second-order valence-corrected chi connectivity index (χ2v) is 7.65. The maximum atomic E-state index is 13.0. The topological polar surface area (TPSA) is 120 Å². The zero-order valence-corrected chi connectivity index (χ0v) is 18.9. The van der Waals surface area contributed by atoms with Gasteiger partial charge in [0.05, 0.1) is 30.6 Å². The number of ether oxygens (including phenoxy) is 1. The van der Waals surface area contributed by atoms with Gasteiger partial charge in [0, 0.05) is 24.4 Å². The van der Waals surface area contributed by atoms with Crippen molar-refractivity contribution in [3.8, 4) is 11.4 Å². The number of benzene rings is 2. The van der Waals surface area contributed by atoms with Crippen LogP contribution in [0.1, 0.15) is 21.7 Å². The summed E-state index contributed by atoms with van der Waals surface area (Å²) in [5.74, 6) is -0.925. The largest absolute Gasteiger partial charge is 0.469 e. The van der Waals surface area contributed by atoms with Crippen LogP contribution in [-0.2, 0) is 23.0 Å². The van der Waals surface area contributed by atoms with Crippen molar-refractivity contribution >= 4 is 17.6 Å². The summed E-state index contributed by atoms with van der Waals surface area (Å²) in [6, 6.07) is 16.7. The van der Waals surface area contributed by atoms with Crippen molar-refractivity contribution in [2.24, 2.45) is 7.05 Å². The summed E-state index contributed by atoms with van der Waals surface area (Å²) in [6.07, 6.45) is -0.0594. The number of para-hydroxylation sites is 1. The summed E-state index contributed by atoms with van der Waals surface area (Å²) in [5.41, 5.74) is 2.00. The molecule has 0 saturated heterocycles. The van der Waals surface area contributed by atoms with E-state index in [1.165, 1.54) is 22.5 Å². The first kappa shape index (κ1) is 22.6. The molecule has 10 nitrogen and oxygen atoms in total. The highest BCUT2D eigenvalue weighted by atomic mass is 16.5. The van der Waals surface area contributed by atoms with Gasteiger partial charge in [-0.15, -0.1) is 0 Å². The van der Waals surface area contributed by atoms with E-state index in [9.17, 15) is 19.2 Å². The molecule has 0 bridgehead atoms. The summed E-state index contributed by atoms with van der Waals surface area (Å²) in [4.78, 5) is 49.6. The number of H-pyrrole nitrogens is 1. The van der Waals surface area contributed by atoms with E-state index in [0.29, 0.717) is 28.3 Å². The Kier molecular flexibility index (Phi) is 6.05. The number of methoxy groups -OCH3 is 1. The van der Waals surface area contributed by atoms with Gasteiger partial charge in [0.1, 0.15) is 5.69 Å². The minimum Gasteiger partial charge on any atom is -0.469 e. The predicted molar refractivity (Wildman–Crippen MR) is 126 cm³/mol. The van der Waals surface area contributed by atoms with Crippen LogP contribution in [0.3, 0.4) is 0 Å². The predicted octanol–water partition coefficient (Wildman–Crippen LogP) is 1.93. The Morgan fingerprint density at radius 3 is 2.32 bits per heavy atom. The first-order valence-electron chi connectivity index (χ1n) is 10.4. The van der Waals surface area contributed by atoms with E-state index in [1.807, 2.05) is 30.3 Å². The van der Waals surface area contributed by atoms with E-state index in [0.717, 1.165) is 0 Å². The van der Waals surface area contributed by atoms with Crippen LogP contribution >= 0.6 is 0 Å². The highest BCUT2D eigenvalue weighted by Gasteiger charge is 2.19. The number of amides is 1. The number of aromatic amines is 1. The summed E-state index contributed by atoms with van der Waals surface area (Å²) in [6.45, 7) is 1.75. The normalized spacial score (nSPS) is 10.8. The van der Waals surface area contributed by atoms with Crippen LogP contribution in [0.25, 0.3) is 11.4 Å². The van der Waals surface area contributed by atoms with Crippen molar-refractivity contribution in [2.75, 3.05) is 12.4 Å². The second kappa shape index (κ2) is 9.10. The van der Waals surface area contributed by atoms with Gasteiger partial charge in [-0.3, -0.25) is 29.0 Å². The van der Waals surface area contributed by atoms with E-state index in [2.05, 4.69) is 15.2 Å². The third-order valence-electron chi connectivity index (χ3n) is 5.52. The fourth-order valence-corrected chi connectivity index (χ4v) is 3.61. The quantitative estimate of drug-likeness (QED) is 0.425. The number of hydrogen-bond acceptors (Lipinski definition) is 5. The molecule has 2 aromatic carbocycles. The van der Waals surface area contributed by atoms with E-state index in [-0.39, 0.29) is 23.2 Å². The number of hydrogen-bond donors (Lipinski definition) is 2. The Morgan fingerprint density at radius 1 is 1.00 bits per heavy atom. The van der Waals surface area contributed by atoms with Crippen LogP contribution in [0.2, 0.25) is 0 Å². The summed E-state index contributed by atoms with van der Waals surface area (Å²) >= 11 is 0.